The zero-order valence-electron chi connectivity index (χ0n) is 10.1. The van der Waals surface area contributed by atoms with Gasteiger partial charge in [0.05, 0.1) is 0 Å². The third-order valence-electron chi connectivity index (χ3n) is 3.22. The first-order valence-electron chi connectivity index (χ1n) is 5.81. The van der Waals surface area contributed by atoms with Gasteiger partial charge in [-0.05, 0) is 18.3 Å². The number of amides is 1. The lowest BCUT2D eigenvalue weighted by atomic mass is 9.84. The number of carbonyl (C=O) groups excluding carboxylic acids is 1. The second kappa shape index (κ2) is 6.13. The van der Waals surface area contributed by atoms with Crippen LogP contribution in [0.4, 0.5) is 0 Å². The number of thioether (sulfide) groups is 1. The summed E-state index contributed by atoms with van der Waals surface area (Å²) in [6.07, 6.45) is 2.72. The summed E-state index contributed by atoms with van der Waals surface area (Å²) in [5, 5.41) is 4.11. The molecule has 0 aromatic heterocycles. The van der Waals surface area contributed by atoms with Gasteiger partial charge in [-0.15, -0.1) is 0 Å². The number of aliphatic imine (C=N–C) groups is 1. The molecule has 0 saturated carbocycles. The van der Waals surface area contributed by atoms with E-state index in [0.717, 1.165) is 17.5 Å². The van der Waals surface area contributed by atoms with Crippen molar-refractivity contribution in [1.82, 2.24) is 5.32 Å². The van der Waals surface area contributed by atoms with Gasteiger partial charge in [0.25, 0.3) is 0 Å². The van der Waals surface area contributed by atoms with E-state index in [2.05, 4.69) is 24.2 Å². The van der Waals surface area contributed by atoms with Gasteiger partial charge in [0.1, 0.15) is 0 Å². The van der Waals surface area contributed by atoms with Crippen LogP contribution in [-0.4, -0.2) is 29.9 Å². The number of rotatable bonds is 5. The number of nitrogens with two attached hydrogens (primary N) is 1. The highest BCUT2D eigenvalue weighted by Gasteiger charge is 2.29. The molecule has 0 radical (unpaired) electrons. The van der Waals surface area contributed by atoms with Crippen molar-refractivity contribution in [2.45, 2.75) is 33.1 Å². The SMILES string of the molecule is CCC1(CC)CN=C(NCCC(N)=O)SC1. The van der Waals surface area contributed by atoms with Crippen molar-refractivity contribution in [3.05, 3.63) is 0 Å². The standard InChI is InChI=1S/C11H21N3OS/c1-3-11(4-2)7-14-10(16-8-11)13-6-5-9(12)15/h3-8H2,1-2H3,(H2,12,15)(H,13,14). The fraction of sp³-hybridized carbons (Fsp3) is 0.818. The Hall–Kier alpha value is -0.710. The van der Waals surface area contributed by atoms with E-state index in [4.69, 9.17) is 5.73 Å². The van der Waals surface area contributed by atoms with Crippen molar-refractivity contribution >= 4 is 22.8 Å². The number of hydrogen-bond acceptors (Lipinski definition) is 4. The van der Waals surface area contributed by atoms with Crippen LogP contribution in [-0.2, 0) is 4.79 Å². The van der Waals surface area contributed by atoms with Crippen molar-refractivity contribution in [2.24, 2.45) is 16.1 Å². The lowest BCUT2D eigenvalue weighted by Crippen LogP contribution is -2.35. The molecule has 0 aromatic carbocycles. The Balaban J connectivity index is 2.37. The third-order valence-corrected chi connectivity index (χ3v) is 4.52. The summed E-state index contributed by atoms with van der Waals surface area (Å²) in [7, 11) is 0. The van der Waals surface area contributed by atoms with E-state index >= 15 is 0 Å². The molecule has 16 heavy (non-hydrogen) atoms. The molecule has 0 bridgehead atoms. The van der Waals surface area contributed by atoms with Gasteiger partial charge in [0.15, 0.2) is 5.17 Å². The van der Waals surface area contributed by atoms with Gasteiger partial charge in [-0.25, -0.2) is 0 Å². The molecule has 0 atom stereocenters. The first kappa shape index (κ1) is 13.4. The molecule has 92 valence electrons. The Labute approximate surface area is 101 Å². The lowest BCUT2D eigenvalue weighted by Gasteiger charge is -2.33. The maximum atomic E-state index is 10.6. The van der Waals surface area contributed by atoms with E-state index in [1.54, 1.807) is 11.8 Å². The number of nitrogens with one attached hydrogen (secondary N) is 1. The Kier molecular flexibility index (Phi) is 5.12. The van der Waals surface area contributed by atoms with Gasteiger partial charge in [-0.1, -0.05) is 25.6 Å². The van der Waals surface area contributed by atoms with Gasteiger partial charge < -0.3 is 11.1 Å². The monoisotopic (exact) mass is 243 g/mol. The smallest absolute Gasteiger partial charge is 0.219 e. The van der Waals surface area contributed by atoms with Crippen molar-refractivity contribution in [3.8, 4) is 0 Å². The maximum Gasteiger partial charge on any atom is 0.219 e. The largest absolute Gasteiger partial charge is 0.370 e. The van der Waals surface area contributed by atoms with E-state index in [0.29, 0.717) is 18.4 Å². The van der Waals surface area contributed by atoms with Gasteiger partial charge in [0.2, 0.25) is 5.91 Å². The fourth-order valence-corrected chi connectivity index (χ4v) is 2.93. The molecule has 0 unspecified atom stereocenters. The highest BCUT2D eigenvalue weighted by atomic mass is 32.2. The summed E-state index contributed by atoms with van der Waals surface area (Å²) in [6, 6.07) is 0. The van der Waals surface area contributed by atoms with Crippen LogP contribution in [0.3, 0.4) is 0 Å². The maximum absolute atomic E-state index is 10.6. The zero-order chi connectivity index (χ0) is 12.0. The van der Waals surface area contributed by atoms with Crippen molar-refractivity contribution < 1.29 is 4.79 Å². The minimum Gasteiger partial charge on any atom is -0.370 e. The van der Waals surface area contributed by atoms with Crippen LogP contribution in [0.25, 0.3) is 0 Å². The lowest BCUT2D eigenvalue weighted by molar-refractivity contribution is -0.117. The summed E-state index contributed by atoms with van der Waals surface area (Å²) in [5.41, 5.74) is 5.44. The van der Waals surface area contributed by atoms with Crippen LogP contribution in [0.1, 0.15) is 33.1 Å². The average molecular weight is 243 g/mol. The normalized spacial score (nSPS) is 19.0. The highest BCUT2D eigenvalue weighted by Crippen LogP contribution is 2.34. The Morgan fingerprint density at radius 1 is 1.56 bits per heavy atom. The van der Waals surface area contributed by atoms with Gasteiger partial charge in [-0.2, -0.15) is 0 Å². The van der Waals surface area contributed by atoms with Gasteiger partial charge in [-0.3, -0.25) is 9.79 Å². The summed E-state index contributed by atoms with van der Waals surface area (Å²) in [5.74, 6) is 0.841. The predicted molar refractivity (Wildman–Crippen MR) is 69.6 cm³/mol. The first-order valence-corrected chi connectivity index (χ1v) is 6.80. The topological polar surface area (TPSA) is 67.5 Å². The zero-order valence-corrected chi connectivity index (χ0v) is 10.9. The van der Waals surface area contributed by atoms with E-state index in [-0.39, 0.29) is 5.91 Å². The second-order valence-corrected chi connectivity index (χ2v) is 5.22. The minimum atomic E-state index is -0.273. The second-order valence-electron chi connectivity index (χ2n) is 4.26. The molecular formula is C11H21N3OS. The third kappa shape index (κ3) is 3.70. The number of hydrogen-bond donors (Lipinski definition) is 2. The van der Waals surface area contributed by atoms with E-state index in [1.165, 1.54) is 12.8 Å². The Bertz CT molecular complexity index is 274. The predicted octanol–water partition coefficient (Wildman–Crippen LogP) is 1.36. The quantitative estimate of drug-likeness (QED) is 0.766. The van der Waals surface area contributed by atoms with Crippen LogP contribution in [0, 0.1) is 5.41 Å². The van der Waals surface area contributed by atoms with Crippen LogP contribution in [0.2, 0.25) is 0 Å². The van der Waals surface area contributed by atoms with Crippen LogP contribution in [0.15, 0.2) is 4.99 Å². The number of carbonyl (C=O) groups is 1. The molecule has 0 saturated heterocycles. The van der Waals surface area contributed by atoms with Crippen molar-refractivity contribution in [3.63, 3.8) is 0 Å². The Morgan fingerprint density at radius 3 is 2.69 bits per heavy atom. The molecule has 0 aliphatic carbocycles. The summed E-state index contributed by atoms with van der Waals surface area (Å²) in [4.78, 5) is 15.1. The first-order chi connectivity index (χ1) is 7.62. The van der Waals surface area contributed by atoms with Crippen molar-refractivity contribution in [1.29, 1.82) is 0 Å². The fourth-order valence-electron chi connectivity index (χ4n) is 1.63. The molecule has 1 rings (SSSR count). The molecule has 1 aliphatic rings. The number of nitrogens with zero attached hydrogens (tertiary/aromatic N) is 1. The minimum absolute atomic E-state index is 0.273. The molecule has 1 amide bonds. The Morgan fingerprint density at radius 2 is 2.25 bits per heavy atom. The molecule has 4 nitrogen and oxygen atoms in total. The van der Waals surface area contributed by atoms with E-state index in [1.807, 2.05) is 0 Å². The summed E-state index contributed by atoms with van der Waals surface area (Å²) >= 11 is 1.76. The molecule has 3 N–H and O–H groups in total. The molecule has 0 fully saturated rings. The van der Waals surface area contributed by atoms with Crippen LogP contribution in [0.5, 0.6) is 0 Å². The molecule has 0 aromatic rings. The molecule has 1 heterocycles. The van der Waals surface area contributed by atoms with E-state index < -0.39 is 0 Å². The van der Waals surface area contributed by atoms with Crippen LogP contribution < -0.4 is 11.1 Å². The molecule has 5 heteroatoms. The van der Waals surface area contributed by atoms with Crippen LogP contribution >= 0.6 is 11.8 Å². The summed E-state index contributed by atoms with van der Waals surface area (Å²) < 4.78 is 0. The van der Waals surface area contributed by atoms with Gasteiger partial charge >= 0.3 is 0 Å². The van der Waals surface area contributed by atoms with Crippen molar-refractivity contribution in [2.75, 3.05) is 18.8 Å². The molecule has 1 aliphatic heterocycles. The van der Waals surface area contributed by atoms with Gasteiger partial charge in [0, 0.05) is 25.3 Å². The summed E-state index contributed by atoms with van der Waals surface area (Å²) in [6.45, 7) is 5.94. The molecule has 0 spiro atoms. The number of primary amides is 1. The van der Waals surface area contributed by atoms with E-state index in [9.17, 15) is 4.79 Å². The number of amidine groups is 1. The average Bonchev–Trinajstić information content (AvgIpc) is 2.30. The highest BCUT2D eigenvalue weighted by molar-refractivity contribution is 8.13. The molecular weight excluding hydrogens is 222 g/mol.